The fraction of sp³-hybridized carbons (Fsp3) is 0.647. The third-order valence-corrected chi connectivity index (χ3v) is 4.72. The van der Waals surface area contributed by atoms with E-state index >= 15 is 0 Å². The van der Waals surface area contributed by atoms with E-state index in [1.807, 2.05) is 13.0 Å². The van der Waals surface area contributed by atoms with E-state index < -0.39 is 0 Å². The van der Waals surface area contributed by atoms with Crippen molar-refractivity contribution in [1.82, 2.24) is 10.2 Å². The molecule has 1 aliphatic rings. The number of nitrogens with one attached hydrogen (secondary N) is 1. The van der Waals surface area contributed by atoms with Crippen LogP contribution in [0.1, 0.15) is 45.2 Å². The van der Waals surface area contributed by atoms with Gasteiger partial charge in [-0.1, -0.05) is 13.0 Å². The molecule has 1 aromatic rings. The first kappa shape index (κ1) is 15.5. The molecule has 112 valence electrons. The van der Waals surface area contributed by atoms with Crippen LogP contribution >= 0.6 is 0 Å². The van der Waals surface area contributed by atoms with E-state index in [9.17, 15) is 4.39 Å². The van der Waals surface area contributed by atoms with Gasteiger partial charge in [0.15, 0.2) is 0 Å². The Morgan fingerprint density at radius 1 is 1.30 bits per heavy atom. The third-order valence-electron chi connectivity index (χ3n) is 4.72. The van der Waals surface area contributed by atoms with Crippen LogP contribution in [0.4, 0.5) is 4.39 Å². The van der Waals surface area contributed by atoms with Gasteiger partial charge in [0.25, 0.3) is 0 Å². The Balaban J connectivity index is 2.23. The zero-order chi connectivity index (χ0) is 15.0. The average molecular weight is 278 g/mol. The molecule has 0 bridgehead atoms. The van der Waals surface area contributed by atoms with E-state index in [0.29, 0.717) is 0 Å². The Labute approximate surface area is 122 Å². The molecule has 0 saturated carbocycles. The van der Waals surface area contributed by atoms with Crippen LogP contribution in [0.2, 0.25) is 0 Å². The van der Waals surface area contributed by atoms with Crippen molar-refractivity contribution in [2.24, 2.45) is 0 Å². The molecular formula is C17H27FN2. The molecule has 0 aliphatic carbocycles. The van der Waals surface area contributed by atoms with Gasteiger partial charge in [0, 0.05) is 30.7 Å². The van der Waals surface area contributed by atoms with Crippen molar-refractivity contribution >= 4 is 0 Å². The summed E-state index contributed by atoms with van der Waals surface area (Å²) in [4.78, 5) is 2.55. The highest BCUT2D eigenvalue weighted by Gasteiger charge is 2.39. The lowest BCUT2D eigenvalue weighted by Gasteiger charge is -2.51. The molecule has 1 atom stereocenters. The summed E-state index contributed by atoms with van der Waals surface area (Å²) in [7, 11) is 0. The van der Waals surface area contributed by atoms with Crippen LogP contribution in [0, 0.1) is 12.7 Å². The van der Waals surface area contributed by atoms with Crippen molar-refractivity contribution in [3.8, 4) is 0 Å². The highest BCUT2D eigenvalue weighted by Crippen LogP contribution is 2.29. The van der Waals surface area contributed by atoms with Gasteiger partial charge in [0.2, 0.25) is 0 Å². The Morgan fingerprint density at radius 3 is 2.60 bits per heavy atom. The number of hydrogen-bond acceptors (Lipinski definition) is 2. The van der Waals surface area contributed by atoms with Crippen molar-refractivity contribution in [2.45, 2.75) is 58.7 Å². The summed E-state index contributed by atoms with van der Waals surface area (Å²) in [5, 5.41) is 3.64. The maximum atomic E-state index is 13.2. The van der Waals surface area contributed by atoms with Crippen molar-refractivity contribution in [3.05, 3.63) is 35.1 Å². The Kier molecular flexibility index (Phi) is 4.22. The van der Waals surface area contributed by atoms with Crippen LogP contribution in [0.15, 0.2) is 18.2 Å². The molecule has 1 aromatic carbocycles. The van der Waals surface area contributed by atoms with Crippen LogP contribution in [0.25, 0.3) is 0 Å². The summed E-state index contributed by atoms with van der Waals surface area (Å²) >= 11 is 0. The fourth-order valence-electron chi connectivity index (χ4n) is 2.90. The second-order valence-corrected chi connectivity index (χ2v) is 7.01. The lowest BCUT2D eigenvalue weighted by atomic mass is 9.87. The van der Waals surface area contributed by atoms with E-state index in [0.717, 1.165) is 31.6 Å². The summed E-state index contributed by atoms with van der Waals surface area (Å²) in [6.45, 7) is 13.9. The van der Waals surface area contributed by atoms with Crippen LogP contribution in [0.3, 0.4) is 0 Å². The normalized spacial score (nSPS) is 26.7. The maximum absolute atomic E-state index is 13.2. The smallest absolute Gasteiger partial charge is 0.123 e. The summed E-state index contributed by atoms with van der Waals surface area (Å²) < 4.78 is 13.2. The Morgan fingerprint density at radius 2 is 2.00 bits per heavy atom. The number of piperazine rings is 1. The molecule has 1 N–H and O–H groups in total. The minimum atomic E-state index is -0.148. The first-order valence-corrected chi connectivity index (χ1v) is 7.51. The highest BCUT2D eigenvalue weighted by molar-refractivity contribution is 5.27. The van der Waals surface area contributed by atoms with Gasteiger partial charge in [-0.15, -0.1) is 0 Å². The van der Waals surface area contributed by atoms with E-state index in [-0.39, 0.29) is 16.9 Å². The zero-order valence-corrected chi connectivity index (χ0v) is 13.4. The standard InChI is InChI=1S/C17H27FN2/c1-6-17(5)11-19-16(3,4)12-20(17)10-14-7-8-15(18)9-13(14)2/h7-9,19H,6,10-12H2,1-5H3. The topological polar surface area (TPSA) is 15.3 Å². The average Bonchev–Trinajstić information content (AvgIpc) is 2.37. The highest BCUT2D eigenvalue weighted by atomic mass is 19.1. The number of halogens is 1. The Hall–Kier alpha value is -0.930. The van der Waals surface area contributed by atoms with Gasteiger partial charge in [-0.2, -0.15) is 0 Å². The van der Waals surface area contributed by atoms with Gasteiger partial charge in [0.05, 0.1) is 0 Å². The molecule has 2 rings (SSSR count). The lowest BCUT2D eigenvalue weighted by Crippen LogP contribution is -2.66. The van der Waals surface area contributed by atoms with Crippen molar-refractivity contribution in [3.63, 3.8) is 0 Å². The number of rotatable bonds is 3. The second kappa shape index (κ2) is 5.45. The molecule has 3 heteroatoms. The number of aryl methyl sites for hydroxylation is 1. The number of hydrogen-bond donors (Lipinski definition) is 1. The number of benzene rings is 1. The van der Waals surface area contributed by atoms with Crippen LogP contribution < -0.4 is 5.32 Å². The molecule has 0 aromatic heterocycles. The molecule has 20 heavy (non-hydrogen) atoms. The monoisotopic (exact) mass is 278 g/mol. The lowest BCUT2D eigenvalue weighted by molar-refractivity contribution is 0.0174. The van der Waals surface area contributed by atoms with Gasteiger partial charge in [0.1, 0.15) is 5.82 Å². The molecule has 1 saturated heterocycles. The fourth-order valence-corrected chi connectivity index (χ4v) is 2.90. The first-order chi connectivity index (χ1) is 9.26. The molecule has 1 unspecified atom stereocenters. The molecule has 2 nitrogen and oxygen atoms in total. The molecule has 0 radical (unpaired) electrons. The van der Waals surface area contributed by atoms with Gasteiger partial charge in [-0.3, -0.25) is 4.90 Å². The maximum Gasteiger partial charge on any atom is 0.123 e. The van der Waals surface area contributed by atoms with Crippen molar-refractivity contribution < 1.29 is 4.39 Å². The minimum absolute atomic E-state index is 0.128. The van der Waals surface area contributed by atoms with Crippen molar-refractivity contribution in [1.29, 1.82) is 0 Å². The largest absolute Gasteiger partial charge is 0.309 e. The molecule has 1 aliphatic heterocycles. The SMILES string of the molecule is CCC1(C)CNC(C)(C)CN1Cc1ccc(F)cc1C. The van der Waals surface area contributed by atoms with E-state index in [1.54, 1.807) is 12.1 Å². The summed E-state index contributed by atoms with van der Waals surface area (Å²) in [5.74, 6) is -0.148. The number of nitrogens with zero attached hydrogens (tertiary/aromatic N) is 1. The summed E-state index contributed by atoms with van der Waals surface area (Å²) in [5.41, 5.74) is 2.56. The molecular weight excluding hydrogens is 251 g/mol. The van der Waals surface area contributed by atoms with Crippen molar-refractivity contribution in [2.75, 3.05) is 13.1 Å². The predicted molar refractivity (Wildman–Crippen MR) is 82.3 cm³/mol. The summed E-state index contributed by atoms with van der Waals surface area (Å²) in [6.07, 6.45) is 1.11. The van der Waals surface area contributed by atoms with Crippen LogP contribution in [0.5, 0.6) is 0 Å². The first-order valence-electron chi connectivity index (χ1n) is 7.51. The minimum Gasteiger partial charge on any atom is -0.309 e. The quantitative estimate of drug-likeness (QED) is 0.910. The predicted octanol–water partition coefficient (Wildman–Crippen LogP) is 3.49. The van der Waals surface area contributed by atoms with Gasteiger partial charge in [-0.05, 0) is 57.4 Å². The van der Waals surface area contributed by atoms with Gasteiger partial charge >= 0.3 is 0 Å². The Bertz CT molecular complexity index is 484. The van der Waals surface area contributed by atoms with Crippen LogP contribution in [-0.4, -0.2) is 29.1 Å². The van der Waals surface area contributed by atoms with E-state index in [4.69, 9.17) is 0 Å². The second-order valence-electron chi connectivity index (χ2n) is 7.01. The van der Waals surface area contributed by atoms with E-state index in [1.165, 1.54) is 5.56 Å². The molecule has 0 amide bonds. The molecule has 1 heterocycles. The van der Waals surface area contributed by atoms with Gasteiger partial charge < -0.3 is 5.32 Å². The third kappa shape index (κ3) is 3.21. The molecule has 0 spiro atoms. The zero-order valence-electron chi connectivity index (χ0n) is 13.4. The van der Waals surface area contributed by atoms with E-state index in [2.05, 4.69) is 37.9 Å². The van der Waals surface area contributed by atoms with Crippen LogP contribution in [-0.2, 0) is 6.54 Å². The summed E-state index contributed by atoms with van der Waals surface area (Å²) in [6, 6.07) is 5.13. The van der Waals surface area contributed by atoms with Gasteiger partial charge in [-0.25, -0.2) is 4.39 Å². The molecule has 1 fully saturated rings.